The van der Waals surface area contributed by atoms with E-state index < -0.39 is 5.60 Å². The molecule has 2 rings (SSSR count). The number of nitrogens with one attached hydrogen (secondary N) is 1. The Morgan fingerprint density at radius 2 is 1.65 bits per heavy atom. The predicted octanol–water partition coefficient (Wildman–Crippen LogP) is 3.52. The van der Waals surface area contributed by atoms with Gasteiger partial charge in [0.15, 0.2) is 5.60 Å². The molecular weight excluding hydrogens is 352 g/mol. The van der Waals surface area contributed by atoms with Crippen molar-refractivity contribution in [1.82, 2.24) is 10.2 Å². The van der Waals surface area contributed by atoms with E-state index in [1.54, 1.807) is 69.2 Å². The predicted molar refractivity (Wildman–Crippen MR) is 102 cm³/mol. The van der Waals surface area contributed by atoms with Crippen molar-refractivity contribution in [3.8, 4) is 5.75 Å². The van der Waals surface area contributed by atoms with Crippen LogP contribution >= 0.6 is 11.6 Å². The van der Waals surface area contributed by atoms with Crippen LogP contribution in [0.25, 0.3) is 0 Å². The van der Waals surface area contributed by atoms with Crippen LogP contribution in [-0.4, -0.2) is 36.4 Å². The van der Waals surface area contributed by atoms with Crippen LogP contribution < -0.4 is 10.1 Å². The Morgan fingerprint density at radius 3 is 2.19 bits per heavy atom. The van der Waals surface area contributed by atoms with Crippen LogP contribution in [0.3, 0.4) is 0 Å². The summed E-state index contributed by atoms with van der Waals surface area (Å²) in [6.07, 6.45) is 0. The normalized spacial score (nSPS) is 11.0. The van der Waals surface area contributed by atoms with Crippen molar-refractivity contribution in [2.75, 3.05) is 14.1 Å². The minimum atomic E-state index is -1.02. The second-order valence-electron chi connectivity index (χ2n) is 6.50. The molecule has 138 valence electrons. The Labute approximate surface area is 158 Å². The lowest BCUT2D eigenvalue weighted by Gasteiger charge is -2.30. The lowest BCUT2D eigenvalue weighted by molar-refractivity contribution is -0.144. The summed E-state index contributed by atoms with van der Waals surface area (Å²) in [6.45, 7) is 3.88. The van der Waals surface area contributed by atoms with Crippen molar-refractivity contribution >= 4 is 23.4 Å². The largest absolute Gasteiger partial charge is 0.478 e. The second kappa shape index (κ2) is 8.23. The molecule has 0 spiro atoms. The molecule has 1 N–H and O–H groups in total. The number of amides is 2. The molecular formula is C20H23ClN2O3. The van der Waals surface area contributed by atoms with Gasteiger partial charge in [-0.2, -0.15) is 0 Å². The first-order valence-electron chi connectivity index (χ1n) is 8.24. The highest BCUT2D eigenvalue weighted by atomic mass is 35.5. The molecule has 2 aromatic carbocycles. The maximum absolute atomic E-state index is 12.8. The molecule has 2 aromatic rings. The van der Waals surface area contributed by atoms with E-state index in [4.69, 9.17) is 16.3 Å². The van der Waals surface area contributed by atoms with Crippen molar-refractivity contribution in [3.05, 3.63) is 64.7 Å². The first kappa shape index (κ1) is 19.8. The molecule has 0 heterocycles. The van der Waals surface area contributed by atoms with Gasteiger partial charge in [-0.05, 0) is 55.8 Å². The van der Waals surface area contributed by atoms with E-state index in [1.165, 1.54) is 0 Å². The SMILES string of the molecule is CNC(=O)c1ccc(CN(C)C(=O)C(C)(C)Oc2ccc(Cl)cc2)cc1. The standard InChI is InChI=1S/C20H23ClN2O3/c1-20(2,26-17-11-9-16(21)10-12-17)19(25)23(4)13-14-5-7-15(8-6-14)18(24)22-3/h5-12H,13H2,1-4H3,(H,22,24). The molecule has 6 heteroatoms. The van der Waals surface area contributed by atoms with E-state index in [-0.39, 0.29) is 11.8 Å². The van der Waals surface area contributed by atoms with Gasteiger partial charge in [-0.1, -0.05) is 23.7 Å². The van der Waals surface area contributed by atoms with Crippen molar-refractivity contribution in [3.63, 3.8) is 0 Å². The van der Waals surface area contributed by atoms with Gasteiger partial charge in [-0.25, -0.2) is 0 Å². The number of halogens is 1. The van der Waals surface area contributed by atoms with Crippen molar-refractivity contribution in [2.24, 2.45) is 0 Å². The number of likely N-dealkylation sites (N-methyl/N-ethyl adjacent to an activating group) is 1. The van der Waals surface area contributed by atoms with Gasteiger partial charge < -0.3 is 15.0 Å². The molecule has 0 saturated heterocycles. The smallest absolute Gasteiger partial charge is 0.266 e. The molecule has 0 unspecified atom stereocenters. The van der Waals surface area contributed by atoms with Crippen LogP contribution in [0.15, 0.2) is 48.5 Å². The quantitative estimate of drug-likeness (QED) is 0.841. The first-order chi connectivity index (χ1) is 12.2. The van der Waals surface area contributed by atoms with Crippen LogP contribution in [0.1, 0.15) is 29.8 Å². The molecule has 0 radical (unpaired) electrons. The topological polar surface area (TPSA) is 58.6 Å². The van der Waals surface area contributed by atoms with Crippen molar-refractivity contribution in [2.45, 2.75) is 26.0 Å². The van der Waals surface area contributed by atoms with E-state index in [9.17, 15) is 9.59 Å². The third kappa shape index (κ3) is 4.99. The molecule has 0 aromatic heterocycles. The molecule has 0 fully saturated rings. The fraction of sp³-hybridized carbons (Fsp3) is 0.300. The van der Waals surface area contributed by atoms with Crippen molar-refractivity contribution in [1.29, 1.82) is 0 Å². The number of carbonyl (C=O) groups excluding carboxylic acids is 2. The summed E-state index contributed by atoms with van der Waals surface area (Å²) in [7, 11) is 3.31. The number of hydrogen-bond acceptors (Lipinski definition) is 3. The Bertz CT molecular complexity index is 771. The van der Waals surface area contributed by atoms with Crippen LogP contribution in [0.2, 0.25) is 5.02 Å². The molecule has 0 aliphatic heterocycles. The highest BCUT2D eigenvalue weighted by molar-refractivity contribution is 6.30. The van der Waals surface area contributed by atoms with Crippen LogP contribution in [-0.2, 0) is 11.3 Å². The van der Waals surface area contributed by atoms with Gasteiger partial charge in [0, 0.05) is 31.2 Å². The fourth-order valence-electron chi connectivity index (χ4n) is 2.55. The molecule has 5 nitrogen and oxygen atoms in total. The van der Waals surface area contributed by atoms with E-state index in [0.29, 0.717) is 22.9 Å². The van der Waals surface area contributed by atoms with E-state index in [1.807, 2.05) is 12.1 Å². The molecule has 0 atom stereocenters. The molecule has 0 aliphatic rings. The zero-order chi connectivity index (χ0) is 19.3. The summed E-state index contributed by atoms with van der Waals surface area (Å²) in [5, 5.41) is 3.19. The van der Waals surface area contributed by atoms with Gasteiger partial charge in [0.1, 0.15) is 5.75 Å². The van der Waals surface area contributed by atoms with Gasteiger partial charge in [-0.15, -0.1) is 0 Å². The minimum absolute atomic E-state index is 0.140. The number of nitrogens with zero attached hydrogens (tertiary/aromatic N) is 1. The Hall–Kier alpha value is -2.53. The van der Waals surface area contributed by atoms with Gasteiger partial charge in [0.05, 0.1) is 0 Å². The van der Waals surface area contributed by atoms with Gasteiger partial charge in [0.25, 0.3) is 11.8 Å². The highest BCUT2D eigenvalue weighted by Gasteiger charge is 2.32. The Balaban J connectivity index is 2.03. The monoisotopic (exact) mass is 374 g/mol. The summed E-state index contributed by atoms with van der Waals surface area (Å²) in [5.74, 6) is 0.289. The Kier molecular flexibility index (Phi) is 6.27. The minimum Gasteiger partial charge on any atom is -0.478 e. The van der Waals surface area contributed by atoms with E-state index in [2.05, 4.69) is 5.32 Å². The third-order valence-corrected chi connectivity index (χ3v) is 4.16. The molecule has 0 bridgehead atoms. The van der Waals surface area contributed by atoms with Gasteiger partial charge in [0.2, 0.25) is 0 Å². The number of ether oxygens (including phenoxy) is 1. The number of benzene rings is 2. The lowest BCUT2D eigenvalue weighted by atomic mass is 10.1. The summed E-state index contributed by atoms with van der Waals surface area (Å²) >= 11 is 5.87. The van der Waals surface area contributed by atoms with Crippen molar-refractivity contribution < 1.29 is 14.3 Å². The van der Waals surface area contributed by atoms with Gasteiger partial charge >= 0.3 is 0 Å². The lowest BCUT2D eigenvalue weighted by Crippen LogP contribution is -2.47. The van der Waals surface area contributed by atoms with Crippen LogP contribution in [0.5, 0.6) is 5.75 Å². The zero-order valence-electron chi connectivity index (χ0n) is 15.4. The number of carbonyl (C=O) groups is 2. The van der Waals surface area contributed by atoms with Crippen LogP contribution in [0, 0.1) is 0 Å². The molecule has 2 amide bonds. The fourth-order valence-corrected chi connectivity index (χ4v) is 2.68. The summed E-state index contributed by atoms with van der Waals surface area (Å²) in [4.78, 5) is 26.0. The maximum Gasteiger partial charge on any atom is 0.266 e. The zero-order valence-corrected chi connectivity index (χ0v) is 16.1. The van der Waals surface area contributed by atoms with Crippen LogP contribution in [0.4, 0.5) is 0 Å². The average Bonchev–Trinajstić information content (AvgIpc) is 2.62. The second-order valence-corrected chi connectivity index (χ2v) is 6.94. The molecule has 0 saturated carbocycles. The maximum atomic E-state index is 12.8. The molecule has 0 aliphatic carbocycles. The number of hydrogen-bond donors (Lipinski definition) is 1. The third-order valence-electron chi connectivity index (χ3n) is 3.91. The Morgan fingerprint density at radius 1 is 1.08 bits per heavy atom. The van der Waals surface area contributed by atoms with E-state index in [0.717, 1.165) is 5.56 Å². The van der Waals surface area contributed by atoms with Gasteiger partial charge in [-0.3, -0.25) is 9.59 Å². The summed E-state index contributed by atoms with van der Waals surface area (Å²) in [5.41, 5.74) is 0.484. The average molecular weight is 375 g/mol. The van der Waals surface area contributed by atoms with E-state index >= 15 is 0 Å². The first-order valence-corrected chi connectivity index (χ1v) is 8.62. The summed E-state index contributed by atoms with van der Waals surface area (Å²) < 4.78 is 5.84. The molecule has 26 heavy (non-hydrogen) atoms. The summed E-state index contributed by atoms with van der Waals surface area (Å²) in [6, 6.07) is 14.0. The highest BCUT2D eigenvalue weighted by Crippen LogP contribution is 2.22. The number of rotatable bonds is 6.